The molecule has 0 atom stereocenters. The van der Waals surface area contributed by atoms with Crippen LogP contribution in [0.1, 0.15) is 21.5 Å². The highest BCUT2D eigenvalue weighted by molar-refractivity contribution is 14.1. The van der Waals surface area contributed by atoms with Gasteiger partial charge in [0.05, 0.1) is 10.7 Å². The SMILES string of the molecule is O=C(N/N=C\c1ccc(OCc2ccc(Cl)cc2Cl)c(Br)c1)c1ccc(I)cc1. The summed E-state index contributed by atoms with van der Waals surface area (Å²) in [6.45, 7) is 0.314. The first kappa shape index (κ1) is 22.1. The number of benzene rings is 3. The molecule has 0 aromatic heterocycles. The van der Waals surface area contributed by atoms with Crippen molar-refractivity contribution in [1.29, 1.82) is 0 Å². The van der Waals surface area contributed by atoms with E-state index in [2.05, 4.69) is 49.0 Å². The van der Waals surface area contributed by atoms with Gasteiger partial charge in [-0.1, -0.05) is 29.3 Å². The Morgan fingerprint density at radius 1 is 1.10 bits per heavy atom. The Kier molecular flexibility index (Phi) is 7.94. The summed E-state index contributed by atoms with van der Waals surface area (Å²) >= 11 is 17.7. The Bertz CT molecular complexity index is 1060. The number of halogens is 4. The van der Waals surface area contributed by atoms with Crippen LogP contribution < -0.4 is 10.2 Å². The fourth-order valence-corrected chi connectivity index (χ4v) is 3.67. The van der Waals surface area contributed by atoms with Crippen LogP contribution in [0.4, 0.5) is 0 Å². The molecule has 148 valence electrons. The van der Waals surface area contributed by atoms with Gasteiger partial charge in [0, 0.05) is 24.7 Å². The van der Waals surface area contributed by atoms with E-state index in [1.54, 1.807) is 30.5 Å². The van der Waals surface area contributed by atoms with Crippen LogP contribution in [-0.2, 0) is 6.61 Å². The van der Waals surface area contributed by atoms with E-state index < -0.39 is 0 Å². The van der Waals surface area contributed by atoms with Crippen LogP contribution in [0.5, 0.6) is 5.75 Å². The normalized spacial score (nSPS) is 10.9. The average molecular weight is 604 g/mol. The van der Waals surface area contributed by atoms with Gasteiger partial charge in [-0.25, -0.2) is 5.43 Å². The second-order valence-electron chi connectivity index (χ2n) is 5.92. The zero-order chi connectivity index (χ0) is 20.8. The number of carbonyl (C=O) groups excluding carboxylic acids is 1. The van der Waals surface area contributed by atoms with E-state index in [1.807, 2.05) is 36.4 Å². The summed E-state index contributed by atoms with van der Waals surface area (Å²) in [6.07, 6.45) is 1.56. The molecule has 8 heteroatoms. The molecule has 0 radical (unpaired) electrons. The van der Waals surface area contributed by atoms with Crippen LogP contribution in [0.2, 0.25) is 10.0 Å². The quantitative estimate of drug-likeness (QED) is 0.194. The molecule has 3 aromatic carbocycles. The monoisotopic (exact) mass is 602 g/mol. The molecular formula is C21H14BrCl2IN2O2. The number of nitrogens with zero attached hydrogens (tertiary/aromatic N) is 1. The minimum absolute atomic E-state index is 0.267. The summed E-state index contributed by atoms with van der Waals surface area (Å²) in [6, 6.07) is 18.0. The van der Waals surface area contributed by atoms with Crippen LogP contribution in [0.15, 0.2) is 70.2 Å². The molecule has 1 amide bonds. The van der Waals surface area contributed by atoms with Crippen molar-refractivity contribution in [3.8, 4) is 5.75 Å². The maximum Gasteiger partial charge on any atom is 0.271 e. The number of rotatable bonds is 6. The lowest BCUT2D eigenvalue weighted by atomic mass is 10.2. The Hall–Kier alpha value is -1.61. The smallest absolute Gasteiger partial charge is 0.271 e. The molecule has 0 aliphatic rings. The number of amides is 1. The van der Waals surface area contributed by atoms with Crippen molar-refractivity contribution in [3.63, 3.8) is 0 Å². The third-order valence-corrected chi connectivity index (χ3v) is 5.77. The lowest BCUT2D eigenvalue weighted by Crippen LogP contribution is -2.17. The van der Waals surface area contributed by atoms with E-state index in [0.717, 1.165) is 19.2 Å². The molecule has 0 saturated carbocycles. The maximum absolute atomic E-state index is 12.1. The summed E-state index contributed by atoms with van der Waals surface area (Å²) in [7, 11) is 0. The van der Waals surface area contributed by atoms with Gasteiger partial charge in [-0.2, -0.15) is 5.10 Å². The van der Waals surface area contributed by atoms with Gasteiger partial charge in [-0.15, -0.1) is 0 Å². The van der Waals surface area contributed by atoms with Crippen LogP contribution >= 0.6 is 61.7 Å². The minimum atomic E-state index is -0.267. The van der Waals surface area contributed by atoms with Gasteiger partial charge < -0.3 is 4.74 Å². The van der Waals surface area contributed by atoms with E-state index in [1.165, 1.54) is 0 Å². The summed E-state index contributed by atoms with van der Waals surface area (Å²) in [5, 5.41) is 5.14. The van der Waals surface area contributed by atoms with Crippen molar-refractivity contribution in [2.45, 2.75) is 6.61 Å². The third-order valence-electron chi connectivity index (χ3n) is 3.84. The van der Waals surface area contributed by atoms with E-state index in [4.69, 9.17) is 27.9 Å². The molecule has 0 aliphatic heterocycles. The lowest BCUT2D eigenvalue weighted by molar-refractivity contribution is 0.0955. The van der Waals surface area contributed by atoms with Crippen LogP contribution in [0, 0.1) is 3.57 Å². The van der Waals surface area contributed by atoms with Gasteiger partial charge in [0.2, 0.25) is 0 Å². The Balaban J connectivity index is 1.59. The Labute approximate surface area is 200 Å². The number of hydrogen-bond donors (Lipinski definition) is 1. The van der Waals surface area contributed by atoms with E-state index in [-0.39, 0.29) is 5.91 Å². The molecule has 0 fully saturated rings. The number of carbonyl (C=O) groups is 1. The molecule has 0 heterocycles. The molecule has 0 unspecified atom stereocenters. The first-order valence-electron chi connectivity index (χ1n) is 8.37. The van der Waals surface area contributed by atoms with Crippen LogP contribution in [0.25, 0.3) is 0 Å². The molecule has 0 spiro atoms. The second-order valence-corrected chi connectivity index (χ2v) is 8.86. The van der Waals surface area contributed by atoms with Crippen molar-refractivity contribution in [2.24, 2.45) is 5.10 Å². The van der Waals surface area contributed by atoms with E-state index in [0.29, 0.717) is 28.0 Å². The van der Waals surface area contributed by atoms with Gasteiger partial charge in [0.1, 0.15) is 12.4 Å². The van der Waals surface area contributed by atoms with E-state index in [9.17, 15) is 4.79 Å². The van der Waals surface area contributed by atoms with Gasteiger partial charge >= 0.3 is 0 Å². The maximum atomic E-state index is 12.1. The fourth-order valence-electron chi connectivity index (χ4n) is 2.34. The average Bonchev–Trinajstić information content (AvgIpc) is 2.69. The molecule has 4 nitrogen and oxygen atoms in total. The number of hydrazone groups is 1. The first-order valence-corrected chi connectivity index (χ1v) is 11.0. The zero-order valence-corrected chi connectivity index (χ0v) is 20.1. The molecule has 3 aromatic rings. The predicted molar refractivity (Wildman–Crippen MR) is 129 cm³/mol. The molecule has 1 N–H and O–H groups in total. The zero-order valence-electron chi connectivity index (χ0n) is 14.8. The van der Waals surface area contributed by atoms with Crippen molar-refractivity contribution in [3.05, 3.63) is 95.4 Å². The highest BCUT2D eigenvalue weighted by Crippen LogP contribution is 2.28. The highest BCUT2D eigenvalue weighted by atomic mass is 127. The topological polar surface area (TPSA) is 50.7 Å². The van der Waals surface area contributed by atoms with Gasteiger partial charge in [0.15, 0.2) is 0 Å². The van der Waals surface area contributed by atoms with Gasteiger partial charge in [-0.3, -0.25) is 4.79 Å². The molecule has 0 aliphatic carbocycles. The molecule has 0 bridgehead atoms. The van der Waals surface area contributed by atoms with Gasteiger partial charge in [0.25, 0.3) is 5.91 Å². The summed E-state index contributed by atoms with van der Waals surface area (Å²) < 4.78 is 7.64. The standard InChI is InChI=1S/C21H14BrCl2IN2O2/c22-18-9-13(11-26-27-21(28)14-3-6-17(25)7-4-14)1-8-20(18)29-12-15-2-5-16(23)10-19(15)24/h1-11H,12H2,(H,27,28)/b26-11-. The molecule has 29 heavy (non-hydrogen) atoms. The number of ether oxygens (including phenoxy) is 1. The largest absolute Gasteiger partial charge is 0.488 e. The second kappa shape index (κ2) is 10.4. The number of nitrogens with one attached hydrogen (secondary N) is 1. The first-order chi connectivity index (χ1) is 13.9. The summed E-state index contributed by atoms with van der Waals surface area (Å²) in [5.41, 5.74) is 4.71. The third kappa shape index (κ3) is 6.44. The highest BCUT2D eigenvalue weighted by Gasteiger charge is 2.06. The summed E-state index contributed by atoms with van der Waals surface area (Å²) in [4.78, 5) is 12.1. The van der Waals surface area contributed by atoms with E-state index >= 15 is 0 Å². The lowest BCUT2D eigenvalue weighted by Gasteiger charge is -2.10. The van der Waals surface area contributed by atoms with Crippen molar-refractivity contribution >= 4 is 73.8 Å². The Morgan fingerprint density at radius 3 is 2.55 bits per heavy atom. The minimum Gasteiger partial charge on any atom is -0.488 e. The van der Waals surface area contributed by atoms with Gasteiger partial charge in [-0.05, 0) is 98.7 Å². The summed E-state index contributed by atoms with van der Waals surface area (Å²) in [5.74, 6) is 0.396. The van der Waals surface area contributed by atoms with Crippen molar-refractivity contribution in [1.82, 2.24) is 5.43 Å². The fraction of sp³-hybridized carbons (Fsp3) is 0.0476. The van der Waals surface area contributed by atoms with Crippen LogP contribution in [0.3, 0.4) is 0 Å². The molecule has 3 rings (SSSR count). The predicted octanol–water partition coefficient (Wildman–Crippen LogP) is 6.70. The molecule has 0 saturated heterocycles. The van der Waals surface area contributed by atoms with Crippen molar-refractivity contribution in [2.75, 3.05) is 0 Å². The van der Waals surface area contributed by atoms with Crippen molar-refractivity contribution < 1.29 is 9.53 Å². The molecular weight excluding hydrogens is 590 g/mol. The Morgan fingerprint density at radius 2 is 1.86 bits per heavy atom. The number of hydrogen-bond acceptors (Lipinski definition) is 3. The van der Waals surface area contributed by atoms with Crippen LogP contribution in [-0.4, -0.2) is 12.1 Å².